The smallest absolute Gasteiger partial charge is 0.320 e. The van der Waals surface area contributed by atoms with E-state index >= 15 is 0 Å². The van der Waals surface area contributed by atoms with Crippen molar-refractivity contribution in [3.8, 4) is 0 Å². The molecule has 1 aliphatic heterocycles. The molecule has 0 saturated carbocycles. The average Bonchev–Trinajstić information content (AvgIpc) is 2.65. The molecule has 0 aliphatic carbocycles. The summed E-state index contributed by atoms with van der Waals surface area (Å²) in [5, 5.41) is 9.46. The quantitative estimate of drug-likeness (QED) is 0.554. The highest BCUT2D eigenvalue weighted by Gasteiger charge is 2.33. The van der Waals surface area contributed by atoms with Gasteiger partial charge >= 0.3 is 11.9 Å². The van der Waals surface area contributed by atoms with Crippen molar-refractivity contribution in [2.45, 2.75) is 19.4 Å². The molecule has 1 unspecified atom stereocenters. The molecule has 1 atom stereocenters. The Balaban J connectivity index is 2.80. The third kappa shape index (κ3) is 2.97. The Bertz CT molecular complexity index is 330. The van der Waals surface area contributed by atoms with Gasteiger partial charge in [0.15, 0.2) is 5.92 Å². The zero-order valence-electron chi connectivity index (χ0n) is 10.1. The van der Waals surface area contributed by atoms with E-state index in [2.05, 4.69) is 9.47 Å². The van der Waals surface area contributed by atoms with E-state index in [0.29, 0.717) is 11.3 Å². The maximum Gasteiger partial charge on any atom is 0.320 e. The molecule has 1 heterocycles. The topological polar surface area (TPSA) is 82.1 Å². The molecule has 0 aromatic rings. The van der Waals surface area contributed by atoms with Crippen LogP contribution in [0.15, 0.2) is 11.3 Å². The van der Waals surface area contributed by atoms with E-state index in [-0.39, 0.29) is 13.0 Å². The van der Waals surface area contributed by atoms with Crippen LogP contribution in [0, 0.1) is 5.92 Å². The first-order chi connectivity index (χ1) is 8.01. The van der Waals surface area contributed by atoms with Gasteiger partial charge in [-0.25, -0.2) is 0 Å². The number of ether oxygens (including phenoxy) is 3. The maximum absolute atomic E-state index is 11.4. The monoisotopic (exact) mass is 244 g/mol. The summed E-state index contributed by atoms with van der Waals surface area (Å²) < 4.78 is 14.3. The first-order valence-electron chi connectivity index (χ1n) is 5.17. The number of aliphatic hydroxyl groups is 1. The third-order valence-electron chi connectivity index (χ3n) is 2.72. The van der Waals surface area contributed by atoms with Gasteiger partial charge in [0.25, 0.3) is 0 Å². The number of allylic oxidation sites excluding steroid dienone is 1. The Labute approximate surface area is 99.2 Å². The molecule has 6 heteroatoms. The fourth-order valence-electron chi connectivity index (χ4n) is 1.56. The second kappa shape index (κ2) is 5.67. The van der Waals surface area contributed by atoms with Crippen molar-refractivity contribution in [3.05, 3.63) is 11.3 Å². The lowest BCUT2D eigenvalue weighted by Gasteiger charge is -2.13. The van der Waals surface area contributed by atoms with Crippen molar-refractivity contribution in [1.29, 1.82) is 0 Å². The van der Waals surface area contributed by atoms with Crippen LogP contribution in [0.3, 0.4) is 0 Å². The van der Waals surface area contributed by atoms with Crippen LogP contribution < -0.4 is 0 Å². The highest BCUT2D eigenvalue weighted by atomic mass is 16.5. The van der Waals surface area contributed by atoms with E-state index in [4.69, 9.17) is 4.74 Å². The summed E-state index contributed by atoms with van der Waals surface area (Å²) in [4.78, 5) is 22.8. The van der Waals surface area contributed by atoms with Gasteiger partial charge in [0.05, 0.1) is 20.0 Å². The Hall–Kier alpha value is -1.56. The SMILES string of the molecule is COC(=O)C(CC1=C(C)C(O)CO1)C(=O)OC. The van der Waals surface area contributed by atoms with Gasteiger partial charge in [-0.15, -0.1) is 0 Å². The van der Waals surface area contributed by atoms with Crippen molar-refractivity contribution in [2.24, 2.45) is 5.92 Å². The third-order valence-corrected chi connectivity index (χ3v) is 2.72. The second-order valence-electron chi connectivity index (χ2n) is 3.74. The molecule has 96 valence electrons. The van der Waals surface area contributed by atoms with Crippen LogP contribution in [0.4, 0.5) is 0 Å². The normalized spacial score (nSPS) is 19.2. The predicted octanol–water partition coefficient (Wildman–Crippen LogP) is 0.00380. The van der Waals surface area contributed by atoms with Crippen molar-refractivity contribution >= 4 is 11.9 Å². The molecule has 0 bridgehead atoms. The minimum Gasteiger partial charge on any atom is -0.495 e. The maximum atomic E-state index is 11.4. The Kier molecular flexibility index (Phi) is 4.51. The van der Waals surface area contributed by atoms with E-state index in [1.54, 1.807) is 6.92 Å². The highest BCUT2D eigenvalue weighted by Crippen LogP contribution is 2.26. The summed E-state index contributed by atoms with van der Waals surface area (Å²) in [6, 6.07) is 0. The highest BCUT2D eigenvalue weighted by molar-refractivity contribution is 5.95. The van der Waals surface area contributed by atoms with E-state index in [1.165, 1.54) is 14.2 Å². The Morgan fingerprint density at radius 3 is 2.29 bits per heavy atom. The van der Waals surface area contributed by atoms with Crippen LogP contribution in [-0.4, -0.2) is 44.0 Å². The number of hydrogen-bond acceptors (Lipinski definition) is 6. The summed E-state index contributed by atoms with van der Waals surface area (Å²) in [5.74, 6) is -1.97. The molecule has 1 rings (SSSR count). The van der Waals surface area contributed by atoms with Crippen molar-refractivity contribution in [3.63, 3.8) is 0 Å². The van der Waals surface area contributed by atoms with Gasteiger partial charge in [-0.1, -0.05) is 0 Å². The van der Waals surface area contributed by atoms with Crippen molar-refractivity contribution < 1.29 is 28.9 Å². The molecule has 0 aromatic heterocycles. The summed E-state index contributed by atoms with van der Waals surface area (Å²) in [6.07, 6.45) is -0.636. The Morgan fingerprint density at radius 1 is 1.41 bits per heavy atom. The standard InChI is InChI=1S/C11H16O6/c1-6-8(12)5-17-9(6)4-7(10(13)15-2)11(14)16-3/h7-8,12H,4-5H2,1-3H3. The van der Waals surface area contributed by atoms with Gasteiger partial charge in [0, 0.05) is 6.42 Å². The number of rotatable bonds is 4. The number of carbonyl (C=O) groups is 2. The zero-order valence-corrected chi connectivity index (χ0v) is 10.1. The van der Waals surface area contributed by atoms with Gasteiger partial charge in [0.2, 0.25) is 0 Å². The van der Waals surface area contributed by atoms with Crippen LogP contribution in [0.25, 0.3) is 0 Å². The lowest BCUT2D eigenvalue weighted by molar-refractivity contribution is -0.159. The van der Waals surface area contributed by atoms with Crippen LogP contribution in [0.2, 0.25) is 0 Å². The fraction of sp³-hybridized carbons (Fsp3) is 0.636. The number of esters is 2. The zero-order chi connectivity index (χ0) is 13.0. The molecule has 0 fully saturated rings. The average molecular weight is 244 g/mol. The summed E-state index contributed by atoms with van der Waals surface area (Å²) in [5.41, 5.74) is 0.628. The minimum atomic E-state index is -1.06. The number of methoxy groups -OCH3 is 2. The fourth-order valence-corrected chi connectivity index (χ4v) is 1.56. The van der Waals surface area contributed by atoms with Gasteiger partial charge in [-0.05, 0) is 12.5 Å². The molecule has 1 N–H and O–H groups in total. The largest absolute Gasteiger partial charge is 0.495 e. The van der Waals surface area contributed by atoms with Crippen LogP contribution in [-0.2, 0) is 23.8 Å². The molecule has 6 nitrogen and oxygen atoms in total. The van der Waals surface area contributed by atoms with Crippen LogP contribution in [0.5, 0.6) is 0 Å². The molecule has 0 aromatic carbocycles. The minimum absolute atomic E-state index is 0.0439. The molecule has 1 aliphatic rings. The molecule has 0 saturated heterocycles. The van der Waals surface area contributed by atoms with Gasteiger partial charge in [0.1, 0.15) is 12.7 Å². The summed E-state index contributed by atoms with van der Waals surface area (Å²) in [6.45, 7) is 1.84. The van der Waals surface area contributed by atoms with Crippen molar-refractivity contribution in [1.82, 2.24) is 0 Å². The van der Waals surface area contributed by atoms with E-state index in [0.717, 1.165) is 0 Å². The molecule has 0 amide bonds. The lowest BCUT2D eigenvalue weighted by Crippen LogP contribution is -2.27. The predicted molar refractivity (Wildman–Crippen MR) is 56.8 cm³/mol. The molecule has 0 spiro atoms. The van der Waals surface area contributed by atoms with Gasteiger partial charge in [-0.2, -0.15) is 0 Å². The van der Waals surface area contributed by atoms with E-state index < -0.39 is 24.0 Å². The van der Waals surface area contributed by atoms with Gasteiger partial charge < -0.3 is 19.3 Å². The van der Waals surface area contributed by atoms with Gasteiger partial charge in [-0.3, -0.25) is 9.59 Å². The first kappa shape index (κ1) is 13.5. The number of hydrogen-bond donors (Lipinski definition) is 1. The number of aliphatic hydroxyl groups excluding tert-OH is 1. The van der Waals surface area contributed by atoms with E-state index in [1.807, 2.05) is 0 Å². The first-order valence-corrected chi connectivity index (χ1v) is 5.17. The molecular weight excluding hydrogens is 228 g/mol. The van der Waals surface area contributed by atoms with Crippen LogP contribution >= 0.6 is 0 Å². The summed E-state index contributed by atoms with van der Waals surface area (Å²) in [7, 11) is 2.40. The molecule has 17 heavy (non-hydrogen) atoms. The molecule has 0 radical (unpaired) electrons. The second-order valence-corrected chi connectivity index (χ2v) is 3.74. The van der Waals surface area contributed by atoms with Crippen molar-refractivity contribution in [2.75, 3.05) is 20.8 Å². The number of carbonyl (C=O) groups excluding carboxylic acids is 2. The summed E-state index contributed by atoms with van der Waals surface area (Å²) >= 11 is 0. The lowest BCUT2D eigenvalue weighted by atomic mass is 10.0. The Morgan fingerprint density at radius 2 is 1.94 bits per heavy atom. The van der Waals surface area contributed by atoms with E-state index in [9.17, 15) is 14.7 Å². The van der Waals surface area contributed by atoms with Crippen LogP contribution in [0.1, 0.15) is 13.3 Å². The molecular formula is C11H16O6.